The Labute approximate surface area is 316 Å². The molecule has 0 fully saturated rings. The van der Waals surface area contributed by atoms with Gasteiger partial charge >= 0.3 is 0 Å². The monoisotopic (exact) mass is 690 g/mol. The molecule has 2 aliphatic rings. The Balaban J connectivity index is 1.15. The lowest BCUT2D eigenvalue weighted by molar-refractivity contribution is 0.660. The predicted octanol–water partition coefficient (Wildman–Crippen LogP) is 13.7. The minimum absolute atomic E-state index is 0.0672. The molecular weight excluding hydrogens is 653 g/mol. The van der Waals surface area contributed by atoms with Gasteiger partial charge in [0.25, 0.3) is 0 Å². The van der Waals surface area contributed by atoms with E-state index in [-0.39, 0.29) is 5.41 Å². The van der Waals surface area contributed by atoms with Gasteiger partial charge in [-0.1, -0.05) is 178 Å². The van der Waals surface area contributed by atoms with Gasteiger partial charge in [0.1, 0.15) is 0 Å². The summed E-state index contributed by atoms with van der Waals surface area (Å²) in [4.78, 5) is 10.7. The molecule has 7 aromatic carbocycles. The van der Waals surface area contributed by atoms with Gasteiger partial charge in [0, 0.05) is 22.1 Å². The number of hydrogen-bond donors (Lipinski definition) is 0. The van der Waals surface area contributed by atoms with E-state index in [9.17, 15) is 0 Å². The Kier molecular flexibility index (Phi) is 7.59. The minimum Gasteiger partial charge on any atom is -0.228 e. The van der Waals surface area contributed by atoms with Crippen molar-refractivity contribution in [2.24, 2.45) is 0 Å². The summed E-state index contributed by atoms with van der Waals surface area (Å²) in [5.41, 5.74) is 17.6. The maximum absolute atomic E-state index is 5.41. The van der Waals surface area contributed by atoms with Crippen LogP contribution in [-0.2, 0) is 5.41 Å². The summed E-state index contributed by atoms with van der Waals surface area (Å²) in [6, 6.07) is 56.8. The second-order valence-electron chi connectivity index (χ2n) is 14.9. The zero-order valence-electron chi connectivity index (χ0n) is 30.4. The number of allylic oxidation sites excluding steroid dienone is 2. The Bertz CT molecular complexity index is 2810. The summed E-state index contributed by atoms with van der Waals surface area (Å²) in [5.74, 6) is 0.716. The smallest absolute Gasteiger partial charge is 0.161 e. The largest absolute Gasteiger partial charge is 0.228 e. The maximum Gasteiger partial charge on any atom is 0.161 e. The molecule has 0 spiro atoms. The first kappa shape index (κ1) is 32.0. The number of benzene rings is 7. The van der Waals surface area contributed by atoms with Crippen LogP contribution in [0.4, 0.5) is 0 Å². The average Bonchev–Trinajstić information content (AvgIpc) is 3.35. The van der Waals surface area contributed by atoms with Gasteiger partial charge in [-0.05, 0) is 91.0 Å². The fraction of sp³-hybridized carbons (Fsp3) is 0.0769. The molecule has 2 nitrogen and oxygen atoms in total. The van der Waals surface area contributed by atoms with E-state index < -0.39 is 0 Å². The number of hydrogen-bond acceptors (Lipinski definition) is 2. The van der Waals surface area contributed by atoms with Crippen LogP contribution in [0.15, 0.2) is 170 Å². The highest BCUT2D eigenvalue weighted by molar-refractivity contribution is 6.05. The fourth-order valence-corrected chi connectivity index (χ4v) is 8.62. The van der Waals surface area contributed by atoms with Crippen molar-refractivity contribution in [3.8, 4) is 67.3 Å². The Morgan fingerprint density at radius 3 is 1.74 bits per heavy atom. The van der Waals surface area contributed by atoms with Crippen molar-refractivity contribution in [1.29, 1.82) is 0 Å². The minimum atomic E-state index is -0.0672. The third-order valence-electron chi connectivity index (χ3n) is 11.3. The number of aromatic nitrogens is 2. The standard InChI is InChI=1S/C52H38N2/c1-52(2)47-25-15-14-24-43(47)44-27-26-36(32-48(44)52)38-29-31-46(42-23-13-12-22-40(38)42)51-53-49(35-18-8-4-9-19-35)33-50(54-51)45-30-28-37(34-16-6-3-7-17-34)39-20-10-5-11-21-41(39)45/h3-4,6-33H,5H2,1-2H3. The van der Waals surface area contributed by atoms with Crippen molar-refractivity contribution in [2.75, 3.05) is 0 Å². The van der Waals surface area contributed by atoms with Crippen LogP contribution >= 0.6 is 0 Å². The van der Waals surface area contributed by atoms with Gasteiger partial charge in [0.05, 0.1) is 11.4 Å². The molecule has 0 bridgehead atoms. The van der Waals surface area contributed by atoms with Crippen LogP contribution in [0, 0.1) is 0 Å². The van der Waals surface area contributed by atoms with Crippen LogP contribution in [-0.4, -0.2) is 9.97 Å². The molecule has 8 aromatic rings. The zero-order chi connectivity index (χ0) is 36.2. The van der Waals surface area contributed by atoms with Crippen LogP contribution in [0.2, 0.25) is 0 Å². The maximum atomic E-state index is 5.41. The van der Waals surface area contributed by atoms with Gasteiger partial charge in [0.2, 0.25) is 0 Å². The first-order valence-electron chi connectivity index (χ1n) is 18.8. The highest BCUT2D eigenvalue weighted by atomic mass is 14.9. The summed E-state index contributed by atoms with van der Waals surface area (Å²) < 4.78 is 0. The number of nitrogens with zero attached hydrogens (tertiary/aromatic N) is 2. The Hall–Kier alpha value is -6.64. The Morgan fingerprint density at radius 2 is 0.963 bits per heavy atom. The highest BCUT2D eigenvalue weighted by Gasteiger charge is 2.35. The second-order valence-corrected chi connectivity index (χ2v) is 14.9. The quantitative estimate of drug-likeness (QED) is 0.180. The molecule has 256 valence electrons. The normalized spacial score (nSPS) is 13.7. The summed E-state index contributed by atoms with van der Waals surface area (Å²) in [7, 11) is 0. The summed E-state index contributed by atoms with van der Waals surface area (Å²) >= 11 is 0. The molecule has 1 heterocycles. The molecule has 0 N–H and O–H groups in total. The lowest BCUT2D eigenvalue weighted by atomic mass is 9.81. The fourth-order valence-electron chi connectivity index (χ4n) is 8.62. The zero-order valence-corrected chi connectivity index (χ0v) is 30.4. The van der Waals surface area contributed by atoms with Crippen molar-refractivity contribution >= 4 is 22.9 Å². The van der Waals surface area contributed by atoms with Crippen molar-refractivity contribution < 1.29 is 0 Å². The molecule has 0 radical (unpaired) electrons. The van der Waals surface area contributed by atoms with Gasteiger partial charge in [-0.2, -0.15) is 0 Å². The van der Waals surface area contributed by atoms with Crippen LogP contribution in [0.3, 0.4) is 0 Å². The lowest BCUT2D eigenvalue weighted by Gasteiger charge is -2.22. The molecule has 0 saturated carbocycles. The molecule has 1 aromatic heterocycles. The summed E-state index contributed by atoms with van der Waals surface area (Å²) in [5, 5.41) is 2.32. The van der Waals surface area contributed by atoms with E-state index in [1.165, 1.54) is 61.0 Å². The topological polar surface area (TPSA) is 25.8 Å². The number of fused-ring (bicyclic) bond motifs is 5. The van der Waals surface area contributed by atoms with E-state index in [0.717, 1.165) is 39.9 Å². The molecule has 0 amide bonds. The molecule has 54 heavy (non-hydrogen) atoms. The SMILES string of the molecule is CC1(C)c2ccccc2-c2ccc(-c3ccc(-c4nc(-c5ccccc5)cc(-c5ccc(-c6ccccc6)c6c5C=CCC=C6)n4)c4ccccc34)cc21. The first-order valence-corrected chi connectivity index (χ1v) is 18.8. The molecule has 0 unspecified atom stereocenters. The third-order valence-corrected chi connectivity index (χ3v) is 11.3. The van der Waals surface area contributed by atoms with Gasteiger partial charge < -0.3 is 0 Å². The van der Waals surface area contributed by atoms with Crippen molar-refractivity contribution in [3.05, 3.63) is 192 Å². The van der Waals surface area contributed by atoms with E-state index in [2.05, 4.69) is 196 Å². The van der Waals surface area contributed by atoms with Gasteiger partial charge in [-0.25, -0.2) is 9.97 Å². The van der Waals surface area contributed by atoms with Crippen molar-refractivity contribution in [3.63, 3.8) is 0 Å². The van der Waals surface area contributed by atoms with Crippen molar-refractivity contribution in [2.45, 2.75) is 25.7 Å². The summed E-state index contributed by atoms with van der Waals surface area (Å²) in [6.45, 7) is 4.69. The molecule has 0 saturated heterocycles. The molecule has 0 atom stereocenters. The lowest BCUT2D eigenvalue weighted by Crippen LogP contribution is -2.14. The molecular formula is C52H38N2. The summed E-state index contributed by atoms with van der Waals surface area (Å²) in [6.07, 6.45) is 9.91. The Morgan fingerprint density at radius 1 is 0.407 bits per heavy atom. The van der Waals surface area contributed by atoms with Crippen LogP contribution in [0.1, 0.15) is 42.5 Å². The first-order chi connectivity index (χ1) is 26.5. The molecule has 0 aliphatic heterocycles. The van der Waals surface area contributed by atoms with E-state index >= 15 is 0 Å². The van der Waals surface area contributed by atoms with E-state index in [4.69, 9.17) is 9.97 Å². The molecule has 2 heteroatoms. The van der Waals surface area contributed by atoms with Gasteiger partial charge in [-0.3, -0.25) is 0 Å². The molecule has 10 rings (SSSR count). The van der Waals surface area contributed by atoms with E-state index in [1.807, 2.05) is 0 Å². The van der Waals surface area contributed by atoms with Crippen molar-refractivity contribution in [1.82, 2.24) is 9.97 Å². The number of rotatable bonds is 5. The second kappa shape index (κ2) is 12.8. The van der Waals surface area contributed by atoms with Crippen LogP contribution < -0.4 is 0 Å². The molecule has 2 aliphatic carbocycles. The highest BCUT2D eigenvalue weighted by Crippen LogP contribution is 2.50. The predicted molar refractivity (Wildman–Crippen MR) is 227 cm³/mol. The van der Waals surface area contributed by atoms with Gasteiger partial charge in [0.15, 0.2) is 5.82 Å². The average molecular weight is 691 g/mol. The van der Waals surface area contributed by atoms with Crippen LogP contribution in [0.5, 0.6) is 0 Å². The third kappa shape index (κ3) is 5.25. The van der Waals surface area contributed by atoms with E-state index in [0.29, 0.717) is 5.82 Å². The van der Waals surface area contributed by atoms with Crippen LogP contribution in [0.25, 0.3) is 90.2 Å². The van der Waals surface area contributed by atoms with Gasteiger partial charge in [-0.15, -0.1) is 0 Å². The van der Waals surface area contributed by atoms with E-state index in [1.54, 1.807) is 0 Å².